The van der Waals surface area contributed by atoms with Crippen LogP contribution in [-0.4, -0.2) is 10.7 Å². The fraction of sp³-hybridized carbons (Fsp3) is 0.125. The van der Waals surface area contributed by atoms with E-state index in [4.69, 9.17) is 0 Å². The Morgan fingerprint density at radius 1 is 0.846 bits per heavy atom. The van der Waals surface area contributed by atoms with E-state index in [1.807, 2.05) is 23.6 Å². The lowest BCUT2D eigenvalue weighted by atomic mass is 10.0. The summed E-state index contributed by atoms with van der Waals surface area (Å²) in [5.41, 5.74) is 7.62. The minimum absolute atomic E-state index is 0.709. The van der Waals surface area contributed by atoms with Crippen LogP contribution in [-0.2, 0) is 12.8 Å². The molecular weight excluding hydrogens is 318 g/mol. The summed E-state index contributed by atoms with van der Waals surface area (Å²) < 4.78 is 1.97. The molecule has 0 fully saturated rings. The number of aromatic nitrogens is 1. The van der Waals surface area contributed by atoms with Crippen molar-refractivity contribution in [1.82, 2.24) is 4.40 Å². The van der Waals surface area contributed by atoms with E-state index in [1.165, 1.54) is 11.1 Å². The van der Waals surface area contributed by atoms with Gasteiger partial charge in [0.05, 0.1) is 5.69 Å². The van der Waals surface area contributed by atoms with E-state index in [0.29, 0.717) is 5.69 Å². The van der Waals surface area contributed by atoms with E-state index in [1.54, 1.807) is 0 Å². The van der Waals surface area contributed by atoms with Crippen LogP contribution in [0.2, 0.25) is 0 Å². The van der Waals surface area contributed by atoms with E-state index in [2.05, 4.69) is 66.7 Å². The quantitative estimate of drug-likeness (QED) is 0.439. The third-order valence-electron chi connectivity index (χ3n) is 4.88. The molecule has 0 radical (unpaired) electrons. The fourth-order valence-corrected chi connectivity index (χ4v) is 3.43. The normalized spacial score (nSPS) is 11.0. The average molecular weight is 339 g/mol. The van der Waals surface area contributed by atoms with E-state index in [0.717, 1.165) is 41.3 Å². The van der Waals surface area contributed by atoms with Crippen molar-refractivity contribution in [1.29, 1.82) is 0 Å². The van der Waals surface area contributed by atoms with Gasteiger partial charge in [-0.25, -0.2) is 0 Å². The van der Waals surface area contributed by atoms with Crippen LogP contribution < -0.4 is 0 Å². The zero-order valence-electron chi connectivity index (χ0n) is 14.9. The summed E-state index contributed by atoms with van der Waals surface area (Å²) in [5.74, 6) is 0. The van der Waals surface area contributed by atoms with Crippen LogP contribution in [0.3, 0.4) is 0 Å². The summed E-state index contributed by atoms with van der Waals surface area (Å²) in [5, 5.41) is 0. The fourth-order valence-electron chi connectivity index (χ4n) is 3.43. The van der Waals surface area contributed by atoms with Crippen LogP contribution in [0.5, 0.6) is 0 Å². The van der Waals surface area contributed by atoms with Crippen LogP contribution in [0.4, 0.5) is 0 Å². The number of fused-ring (bicyclic) bond motifs is 1. The third-order valence-corrected chi connectivity index (χ3v) is 4.88. The molecule has 26 heavy (non-hydrogen) atoms. The average Bonchev–Trinajstić information content (AvgIpc) is 3.05. The van der Waals surface area contributed by atoms with Gasteiger partial charge in [0.1, 0.15) is 0 Å². The first-order chi connectivity index (χ1) is 12.7. The van der Waals surface area contributed by atoms with Crippen molar-refractivity contribution in [3.05, 3.63) is 101 Å². The van der Waals surface area contributed by atoms with Crippen molar-refractivity contribution >= 4 is 11.8 Å². The van der Waals surface area contributed by atoms with Gasteiger partial charge in [-0.2, -0.15) is 0 Å². The third kappa shape index (κ3) is 3.18. The molecule has 2 aromatic carbocycles. The highest BCUT2D eigenvalue weighted by molar-refractivity contribution is 5.89. The topological polar surface area (TPSA) is 21.5 Å². The number of nitrogens with zero attached hydrogens (tertiary/aromatic N) is 1. The second-order valence-electron chi connectivity index (χ2n) is 6.74. The zero-order valence-corrected chi connectivity index (χ0v) is 14.9. The minimum Gasteiger partial charge on any atom is -0.313 e. The number of rotatable bonds is 5. The molecule has 0 amide bonds. The Kier molecular flexibility index (Phi) is 4.40. The molecule has 0 aliphatic carbocycles. The predicted octanol–water partition coefficient (Wildman–Crippen LogP) is 5.51. The molecule has 0 N–H and O–H groups in total. The first kappa shape index (κ1) is 16.3. The zero-order chi connectivity index (χ0) is 17.9. The van der Waals surface area contributed by atoms with Gasteiger partial charge < -0.3 is 4.40 Å². The van der Waals surface area contributed by atoms with Gasteiger partial charge in [0.25, 0.3) is 0 Å². The Balaban J connectivity index is 1.60. The maximum absolute atomic E-state index is 11.7. The maximum Gasteiger partial charge on any atom is 0.167 e. The maximum atomic E-state index is 11.7. The second kappa shape index (κ2) is 7.01. The highest BCUT2D eigenvalue weighted by atomic mass is 16.1. The molecule has 0 saturated heterocycles. The molecule has 0 aliphatic heterocycles. The van der Waals surface area contributed by atoms with E-state index in [9.17, 15) is 4.79 Å². The molecule has 2 heteroatoms. The number of aryl methyl sites for hydroxylation is 3. The lowest BCUT2D eigenvalue weighted by molar-refractivity contribution is 0.111. The monoisotopic (exact) mass is 339 g/mol. The van der Waals surface area contributed by atoms with Gasteiger partial charge in [0.15, 0.2) is 6.29 Å². The van der Waals surface area contributed by atoms with Crippen LogP contribution in [0.1, 0.15) is 27.2 Å². The van der Waals surface area contributed by atoms with E-state index < -0.39 is 0 Å². The van der Waals surface area contributed by atoms with Crippen LogP contribution in [0, 0.1) is 6.92 Å². The van der Waals surface area contributed by atoms with E-state index in [-0.39, 0.29) is 0 Å². The van der Waals surface area contributed by atoms with Gasteiger partial charge in [-0.15, -0.1) is 0 Å². The Morgan fingerprint density at radius 3 is 2.23 bits per heavy atom. The number of carbonyl (C=O) groups excluding carboxylic acids is 1. The summed E-state index contributed by atoms with van der Waals surface area (Å²) in [4.78, 5) is 11.7. The molecular formula is C24H21NO. The standard InChI is InChI=1S/C24H21NO/c1-18-7-14-22-15-23(24(17-26)25(22)16-18)21-12-10-20(11-13-21)9-8-19-5-3-2-4-6-19/h2-7,10-17H,8-9H2,1H3. The lowest BCUT2D eigenvalue weighted by Crippen LogP contribution is -1.94. The number of hydrogen-bond donors (Lipinski definition) is 0. The van der Waals surface area contributed by atoms with Gasteiger partial charge >= 0.3 is 0 Å². The first-order valence-corrected chi connectivity index (χ1v) is 8.95. The number of pyridine rings is 1. The number of hydrogen-bond acceptors (Lipinski definition) is 1. The van der Waals surface area contributed by atoms with Crippen molar-refractivity contribution in [2.75, 3.05) is 0 Å². The smallest absolute Gasteiger partial charge is 0.167 e. The van der Waals surface area contributed by atoms with Crippen molar-refractivity contribution < 1.29 is 4.79 Å². The van der Waals surface area contributed by atoms with Gasteiger partial charge in [0, 0.05) is 17.3 Å². The molecule has 0 unspecified atom stereocenters. The van der Waals surface area contributed by atoms with Gasteiger partial charge in [-0.05, 0) is 54.2 Å². The van der Waals surface area contributed by atoms with Crippen LogP contribution >= 0.6 is 0 Å². The van der Waals surface area contributed by atoms with Crippen molar-refractivity contribution in [3.8, 4) is 11.1 Å². The van der Waals surface area contributed by atoms with Gasteiger partial charge in [0.2, 0.25) is 0 Å². The van der Waals surface area contributed by atoms with Crippen molar-refractivity contribution in [2.45, 2.75) is 19.8 Å². The number of carbonyl (C=O) groups is 1. The molecule has 4 aromatic rings. The molecule has 0 atom stereocenters. The Labute approximate surface area is 153 Å². The molecule has 2 aromatic heterocycles. The van der Waals surface area contributed by atoms with Gasteiger partial charge in [-0.1, -0.05) is 60.7 Å². The second-order valence-corrected chi connectivity index (χ2v) is 6.74. The van der Waals surface area contributed by atoms with E-state index >= 15 is 0 Å². The molecule has 2 nitrogen and oxygen atoms in total. The van der Waals surface area contributed by atoms with Crippen molar-refractivity contribution in [2.24, 2.45) is 0 Å². The Hall–Kier alpha value is -3.13. The minimum atomic E-state index is 0.709. The van der Waals surface area contributed by atoms with Crippen molar-refractivity contribution in [3.63, 3.8) is 0 Å². The first-order valence-electron chi connectivity index (χ1n) is 8.95. The number of benzene rings is 2. The lowest BCUT2D eigenvalue weighted by Gasteiger charge is -2.05. The highest BCUT2D eigenvalue weighted by Crippen LogP contribution is 2.27. The summed E-state index contributed by atoms with van der Waals surface area (Å²) in [6.45, 7) is 2.04. The molecule has 2 heterocycles. The Morgan fingerprint density at radius 2 is 1.54 bits per heavy atom. The SMILES string of the molecule is Cc1ccc2cc(-c3ccc(CCc4ccccc4)cc3)c(C=O)n2c1. The summed E-state index contributed by atoms with van der Waals surface area (Å²) in [7, 11) is 0. The molecule has 0 aliphatic rings. The molecule has 0 saturated carbocycles. The highest BCUT2D eigenvalue weighted by Gasteiger charge is 2.11. The largest absolute Gasteiger partial charge is 0.313 e. The van der Waals surface area contributed by atoms with Gasteiger partial charge in [-0.3, -0.25) is 4.79 Å². The summed E-state index contributed by atoms with van der Waals surface area (Å²) in [6, 6.07) is 25.3. The van der Waals surface area contributed by atoms with Crippen LogP contribution in [0.15, 0.2) is 79.0 Å². The molecule has 4 rings (SSSR count). The van der Waals surface area contributed by atoms with Crippen LogP contribution in [0.25, 0.3) is 16.6 Å². The summed E-state index contributed by atoms with van der Waals surface area (Å²) >= 11 is 0. The number of aldehydes is 1. The predicted molar refractivity (Wildman–Crippen MR) is 107 cm³/mol. The molecule has 0 bridgehead atoms. The molecule has 128 valence electrons. The summed E-state index contributed by atoms with van der Waals surface area (Å²) in [6.07, 6.45) is 5.01. The Bertz CT molecular complexity index is 1040. The molecule has 0 spiro atoms.